The third kappa shape index (κ3) is 3.54. The van der Waals surface area contributed by atoms with Crippen molar-refractivity contribution < 1.29 is 33.0 Å². The first-order valence-electron chi connectivity index (χ1n) is 9.69. The molecule has 0 unspecified atom stereocenters. The van der Waals surface area contributed by atoms with Gasteiger partial charge in [-0.05, 0) is 23.3 Å². The van der Waals surface area contributed by atoms with Crippen LogP contribution in [0, 0.1) is 0 Å². The lowest BCUT2D eigenvalue weighted by Crippen LogP contribution is -2.45. The molecule has 0 bridgehead atoms. The third-order valence-electron chi connectivity index (χ3n) is 5.78. The van der Waals surface area contributed by atoms with Crippen molar-refractivity contribution in [2.75, 3.05) is 20.2 Å². The van der Waals surface area contributed by atoms with Crippen LogP contribution in [0.15, 0.2) is 42.5 Å². The van der Waals surface area contributed by atoms with E-state index in [0.717, 1.165) is 4.90 Å². The van der Waals surface area contributed by atoms with Gasteiger partial charge in [0.1, 0.15) is 6.04 Å². The minimum Gasteiger partial charge on any atom is -0.480 e. The quantitative estimate of drug-likeness (QED) is 0.759. The van der Waals surface area contributed by atoms with Crippen LogP contribution in [0.5, 0.6) is 0 Å². The van der Waals surface area contributed by atoms with Crippen LogP contribution in [0.1, 0.15) is 27.9 Å². The van der Waals surface area contributed by atoms with E-state index in [-0.39, 0.29) is 41.3 Å². The van der Waals surface area contributed by atoms with Crippen LogP contribution in [0.25, 0.3) is 11.1 Å². The van der Waals surface area contributed by atoms with E-state index in [4.69, 9.17) is 4.74 Å². The molecular formula is C22H20F2N2O5. The molecule has 0 saturated carbocycles. The van der Waals surface area contributed by atoms with Crippen molar-refractivity contribution in [2.45, 2.75) is 24.5 Å². The standard InChI is InChI=1S/C22H20F2N2O5/c1-31-13-9-18(21(29)30)26(11-13)19(27)10-25-20(28)12-6-7-17-15(8-12)14-4-2-3-5-16(14)22(17,23)24/h2-8,13,18H,9-11H2,1H3,(H,25,28)(H,29,30)/t13-,18+/m1/s1. The topological polar surface area (TPSA) is 95.9 Å². The van der Waals surface area contributed by atoms with Crippen LogP contribution >= 0.6 is 0 Å². The summed E-state index contributed by atoms with van der Waals surface area (Å²) in [4.78, 5) is 37.6. The molecule has 2 atom stereocenters. The van der Waals surface area contributed by atoms with Crippen molar-refractivity contribution in [2.24, 2.45) is 0 Å². The molecule has 2 amide bonds. The number of amides is 2. The van der Waals surface area contributed by atoms with E-state index in [1.54, 1.807) is 12.1 Å². The minimum absolute atomic E-state index is 0.112. The maximum atomic E-state index is 14.6. The highest BCUT2D eigenvalue weighted by molar-refractivity contribution is 5.99. The Hall–Kier alpha value is -3.33. The van der Waals surface area contributed by atoms with E-state index in [1.807, 2.05) is 0 Å². The number of hydrogen-bond donors (Lipinski definition) is 2. The van der Waals surface area contributed by atoms with Gasteiger partial charge in [0.2, 0.25) is 5.91 Å². The summed E-state index contributed by atoms with van der Waals surface area (Å²) in [5, 5.41) is 11.8. The lowest BCUT2D eigenvalue weighted by atomic mass is 10.0. The number of aliphatic carboxylic acids is 1. The lowest BCUT2D eigenvalue weighted by Gasteiger charge is -2.21. The van der Waals surface area contributed by atoms with Crippen molar-refractivity contribution in [3.8, 4) is 11.1 Å². The molecule has 31 heavy (non-hydrogen) atoms. The van der Waals surface area contributed by atoms with Crippen LogP contribution < -0.4 is 5.32 Å². The molecular weight excluding hydrogens is 410 g/mol. The Labute approximate surface area is 176 Å². The summed E-state index contributed by atoms with van der Waals surface area (Å²) in [6.07, 6.45) is -0.219. The van der Waals surface area contributed by atoms with E-state index < -0.39 is 36.3 Å². The maximum Gasteiger partial charge on any atom is 0.326 e. The van der Waals surface area contributed by atoms with Gasteiger partial charge in [0.25, 0.3) is 11.8 Å². The summed E-state index contributed by atoms with van der Waals surface area (Å²) in [6, 6.07) is 8.99. The lowest BCUT2D eigenvalue weighted by molar-refractivity contribution is -0.147. The zero-order valence-electron chi connectivity index (χ0n) is 16.6. The maximum absolute atomic E-state index is 14.6. The second-order valence-electron chi connectivity index (χ2n) is 7.56. The smallest absolute Gasteiger partial charge is 0.326 e. The Kier molecular flexibility index (Phi) is 5.22. The van der Waals surface area contributed by atoms with Gasteiger partial charge in [0.15, 0.2) is 0 Å². The van der Waals surface area contributed by atoms with Gasteiger partial charge in [-0.25, -0.2) is 4.79 Å². The van der Waals surface area contributed by atoms with Gasteiger partial charge in [-0.2, -0.15) is 8.78 Å². The van der Waals surface area contributed by atoms with Crippen molar-refractivity contribution >= 4 is 17.8 Å². The summed E-state index contributed by atoms with van der Waals surface area (Å²) >= 11 is 0. The number of hydrogen-bond acceptors (Lipinski definition) is 4. The van der Waals surface area contributed by atoms with Crippen LogP contribution in [0.2, 0.25) is 0 Å². The Morgan fingerprint density at radius 2 is 1.87 bits per heavy atom. The average molecular weight is 430 g/mol. The number of benzene rings is 2. The van der Waals surface area contributed by atoms with Gasteiger partial charge in [-0.3, -0.25) is 9.59 Å². The molecule has 2 aliphatic rings. The second-order valence-corrected chi connectivity index (χ2v) is 7.56. The average Bonchev–Trinajstić information content (AvgIpc) is 3.30. The summed E-state index contributed by atoms with van der Waals surface area (Å²) in [6.45, 7) is -0.296. The van der Waals surface area contributed by atoms with Gasteiger partial charge in [-0.15, -0.1) is 0 Å². The zero-order chi connectivity index (χ0) is 22.3. The van der Waals surface area contributed by atoms with E-state index >= 15 is 0 Å². The SMILES string of the molecule is CO[C@@H]1C[C@@H](C(=O)O)N(C(=O)CNC(=O)c2ccc3c(c2)-c2ccccc2C3(F)F)C1. The summed E-state index contributed by atoms with van der Waals surface area (Å²) in [5.74, 6) is -5.45. The monoisotopic (exact) mass is 430 g/mol. The third-order valence-corrected chi connectivity index (χ3v) is 5.78. The fraction of sp³-hybridized carbons (Fsp3) is 0.318. The van der Waals surface area contributed by atoms with Gasteiger partial charge in [0, 0.05) is 36.8 Å². The van der Waals surface area contributed by atoms with Gasteiger partial charge < -0.3 is 20.1 Å². The number of carbonyl (C=O) groups excluding carboxylic acids is 2. The Morgan fingerprint density at radius 3 is 2.58 bits per heavy atom. The molecule has 1 heterocycles. The van der Waals surface area contributed by atoms with Crippen LogP contribution in [0.4, 0.5) is 8.78 Å². The van der Waals surface area contributed by atoms with Crippen molar-refractivity contribution in [1.82, 2.24) is 10.2 Å². The normalized spacial score (nSPS) is 20.8. The molecule has 2 aromatic carbocycles. The van der Waals surface area contributed by atoms with Crippen LogP contribution in [-0.4, -0.2) is 60.1 Å². The number of nitrogens with zero attached hydrogens (tertiary/aromatic N) is 1. The zero-order valence-corrected chi connectivity index (χ0v) is 16.6. The van der Waals surface area contributed by atoms with Gasteiger partial charge >= 0.3 is 5.97 Å². The van der Waals surface area contributed by atoms with E-state index in [2.05, 4.69) is 5.32 Å². The summed E-state index contributed by atoms with van der Waals surface area (Å²) in [5.41, 5.74) is 0.478. The van der Waals surface area contributed by atoms with E-state index in [9.17, 15) is 28.3 Å². The predicted octanol–water partition coefficient (Wildman–Crippen LogP) is 2.24. The number of nitrogens with one attached hydrogen (secondary N) is 1. The molecule has 1 fully saturated rings. The first-order chi connectivity index (χ1) is 14.7. The molecule has 1 saturated heterocycles. The molecule has 2 N–H and O–H groups in total. The first kappa shape index (κ1) is 20.9. The van der Waals surface area contributed by atoms with Crippen LogP contribution in [-0.2, 0) is 20.2 Å². The first-order valence-corrected chi connectivity index (χ1v) is 9.69. The molecule has 7 nitrogen and oxygen atoms in total. The number of carboxylic acid groups (broad SMARTS) is 1. The fourth-order valence-corrected chi connectivity index (χ4v) is 4.16. The number of halogens is 2. The predicted molar refractivity (Wildman–Crippen MR) is 106 cm³/mol. The fourth-order valence-electron chi connectivity index (χ4n) is 4.16. The van der Waals surface area contributed by atoms with Crippen molar-refractivity contribution in [1.29, 1.82) is 0 Å². The van der Waals surface area contributed by atoms with Crippen molar-refractivity contribution in [3.05, 3.63) is 59.2 Å². The van der Waals surface area contributed by atoms with Gasteiger partial charge in [0.05, 0.1) is 12.6 Å². The Bertz CT molecular complexity index is 1070. The number of likely N-dealkylation sites (tertiary alicyclic amines) is 1. The van der Waals surface area contributed by atoms with Gasteiger partial charge in [-0.1, -0.05) is 30.3 Å². The number of carboxylic acids is 1. The second kappa shape index (κ2) is 7.73. The molecule has 4 rings (SSSR count). The molecule has 162 valence electrons. The number of alkyl halides is 2. The summed E-state index contributed by atoms with van der Waals surface area (Å²) in [7, 11) is 1.44. The number of rotatable bonds is 5. The van der Waals surface area contributed by atoms with E-state index in [0.29, 0.717) is 5.56 Å². The largest absolute Gasteiger partial charge is 0.480 e. The highest BCUT2D eigenvalue weighted by Crippen LogP contribution is 2.50. The molecule has 0 radical (unpaired) electrons. The molecule has 0 aromatic heterocycles. The summed E-state index contributed by atoms with van der Waals surface area (Å²) < 4.78 is 34.4. The molecule has 1 aliphatic carbocycles. The number of ether oxygens (including phenoxy) is 1. The van der Waals surface area contributed by atoms with Crippen LogP contribution in [0.3, 0.4) is 0 Å². The van der Waals surface area contributed by atoms with Crippen molar-refractivity contribution in [3.63, 3.8) is 0 Å². The highest BCUT2D eigenvalue weighted by atomic mass is 19.3. The molecule has 9 heteroatoms. The Morgan fingerprint density at radius 1 is 1.16 bits per heavy atom. The highest BCUT2D eigenvalue weighted by Gasteiger charge is 2.44. The number of fused-ring (bicyclic) bond motifs is 3. The Balaban J connectivity index is 1.49. The minimum atomic E-state index is -3.14. The molecule has 0 spiro atoms. The number of methoxy groups -OCH3 is 1. The number of carbonyl (C=O) groups is 3. The molecule has 1 aliphatic heterocycles. The van der Waals surface area contributed by atoms with E-state index in [1.165, 1.54) is 37.4 Å². The molecule has 2 aromatic rings.